The number of amides is 1. The van der Waals surface area contributed by atoms with Crippen LogP contribution < -0.4 is 10.5 Å². The maximum atomic E-state index is 13.5. The summed E-state index contributed by atoms with van der Waals surface area (Å²) in [5.74, 6) is 1.50. The van der Waals surface area contributed by atoms with Gasteiger partial charge in [0.1, 0.15) is 21.8 Å². The first-order chi connectivity index (χ1) is 17.2. The molecule has 36 heavy (non-hydrogen) atoms. The number of aromatic nitrogens is 1. The van der Waals surface area contributed by atoms with E-state index < -0.39 is 0 Å². The summed E-state index contributed by atoms with van der Waals surface area (Å²) in [7, 11) is 0. The summed E-state index contributed by atoms with van der Waals surface area (Å²) < 4.78 is 2.13. The molecule has 2 fully saturated rings. The van der Waals surface area contributed by atoms with E-state index in [2.05, 4.69) is 24.8 Å². The van der Waals surface area contributed by atoms with Crippen LogP contribution in [0.3, 0.4) is 0 Å². The molecule has 0 radical (unpaired) electrons. The van der Waals surface area contributed by atoms with E-state index in [-0.39, 0.29) is 23.6 Å². The van der Waals surface area contributed by atoms with Crippen LogP contribution in [0.1, 0.15) is 49.4 Å². The van der Waals surface area contributed by atoms with Crippen LogP contribution in [0.2, 0.25) is 5.02 Å². The minimum Gasteiger partial charge on any atom is -0.357 e. The van der Waals surface area contributed by atoms with Gasteiger partial charge in [0.05, 0.1) is 11.4 Å². The summed E-state index contributed by atoms with van der Waals surface area (Å²) in [6, 6.07) is 9.48. The predicted octanol–water partition coefficient (Wildman–Crippen LogP) is 5.59. The van der Waals surface area contributed by atoms with Gasteiger partial charge in [-0.1, -0.05) is 67.6 Å². The number of hydrogen-bond donors (Lipinski definition) is 0. The van der Waals surface area contributed by atoms with Crippen LogP contribution in [0.15, 0.2) is 34.0 Å². The second-order valence-electron chi connectivity index (χ2n) is 9.61. The molecule has 1 amide bonds. The molecule has 2 aliphatic heterocycles. The summed E-state index contributed by atoms with van der Waals surface area (Å²) in [5, 5.41) is 10.4. The van der Waals surface area contributed by atoms with E-state index in [4.69, 9.17) is 23.8 Å². The van der Waals surface area contributed by atoms with Gasteiger partial charge in [-0.3, -0.25) is 19.1 Å². The highest BCUT2D eigenvalue weighted by Crippen LogP contribution is 2.38. The lowest BCUT2D eigenvalue weighted by atomic mass is 9.91. The Hall–Kier alpha value is -2.60. The predicted molar refractivity (Wildman–Crippen MR) is 151 cm³/mol. The van der Waals surface area contributed by atoms with E-state index in [9.17, 15) is 14.9 Å². The lowest BCUT2D eigenvalue weighted by molar-refractivity contribution is -0.122. The summed E-state index contributed by atoms with van der Waals surface area (Å²) in [4.78, 5) is 31.0. The third kappa shape index (κ3) is 4.97. The molecule has 2 atom stereocenters. The van der Waals surface area contributed by atoms with Crippen LogP contribution in [-0.4, -0.2) is 32.8 Å². The normalized spacial score (nSPS) is 21.4. The van der Waals surface area contributed by atoms with Crippen molar-refractivity contribution in [3.8, 4) is 6.07 Å². The van der Waals surface area contributed by atoms with Crippen LogP contribution in [-0.2, 0) is 17.9 Å². The van der Waals surface area contributed by atoms with Gasteiger partial charge >= 0.3 is 0 Å². The molecular formula is C27H29ClN4O2S2. The smallest absolute Gasteiger partial charge is 0.270 e. The zero-order valence-electron chi connectivity index (χ0n) is 20.9. The van der Waals surface area contributed by atoms with Gasteiger partial charge in [0.25, 0.3) is 11.5 Å². The molecule has 2 unspecified atom stereocenters. The first-order valence-corrected chi connectivity index (χ1v) is 13.7. The molecule has 2 aromatic rings. The maximum absolute atomic E-state index is 13.5. The average molecular weight is 541 g/mol. The second-order valence-corrected chi connectivity index (χ2v) is 11.7. The number of pyridine rings is 1. The number of hydrogen-bond acceptors (Lipinski definition) is 6. The van der Waals surface area contributed by atoms with Crippen molar-refractivity contribution in [3.63, 3.8) is 0 Å². The Morgan fingerprint density at radius 3 is 2.50 bits per heavy atom. The van der Waals surface area contributed by atoms with Crippen LogP contribution in [0.4, 0.5) is 5.82 Å². The number of thioether (sulfide) groups is 1. The number of nitriles is 1. The fourth-order valence-electron chi connectivity index (χ4n) is 5.18. The van der Waals surface area contributed by atoms with E-state index in [1.165, 1.54) is 11.8 Å². The number of carbonyl (C=O) groups excluding carboxylic acids is 1. The van der Waals surface area contributed by atoms with Crippen LogP contribution in [0.5, 0.6) is 0 Å². The lowest BCUT2D eigenvalue weighted by Crippen LogP contribution is -2.42. The minimum absolute atomic E-state index is 0.108. The topological polar surface area (TPSA) is 69.3 Å². The number of nitrogens with zero attached hydrogens (tertiary/aromatic N) is 4. The van der Waals surface area contributed by atoms with Gasteiger partial charge in [-0.15, -0.1) is 0 Å². The third-order valence-corrected chi connectivity index (χ3v) is 8.51. The van der Waals surface area contributed by atoms with Crippen LogP contribution >= 0.6 is 35.6 Å². The number of rotatable bonds is 5. The maximum Gasteiger partial charge on any atom is 0.270 e. The minimum atomic E-state index is -0.290. The van der Waals surface area contributed by atoms with Gasteiger partial charge in [0.15, 0.2) is 0 Å². The Morgan fingerprint density at radius 2 is 1.89 bits per heavy atom. The van der Waals surface area contributed by atoms with Crippen molar-refractivity contribution in [3.05, 3.63) is 66.8 Å². The highest BCUT2D eigenvalue weighted by molar-refractivity contribution is 8.26. The van der Waals surface area contributed by atoms with Crippen molar-refractivity contribution in [2.75, 3.05) is 18.0 Å². The van der Waals surface area contributed by atoms with E-state index in [0.717, 1.165) is 36.5 Å². The van der Waals surface area contributed by atoms with Gasteiger partial charge in [-0.25, -0.2) is 0 Å². The van der Waals surface area contributed by atoms with E-state index in [1.54, 1.807) is 22.5 Å². The highest BCUT2D eigenvalue weighted by Gasteiger charge is 2.34. The number of anilines is 1. The monoisotopic (exact) mass is 540 g/mol. The Bertz CT molecular complexity index is 1350. The molecule has 1 aromatic heterocycles. The largest absolute Gasteiger partial charge is 0.357 e. The van der Waals surface area contributed by atoms with Crippen molar-refractivity contribution in [2.24, 2.45) is 11.8 Å². The first kappa shape index (κ1) is 26.5. The van der Waals surface area contributed by atoms with Crippen molar-refractivity contribution in [1.29, 1.82) is 5.26 Å². The number of carbonyl (C=O) groups is 1. The fourth-order valence-corrected chi connectivity index (χ4v) is 6.61. The standard InChI is InChI=1S/C27H29ClN4O2S2/c1-5-31-24(30-13-16(2)10-17(3)14-30)20(18(4)21(12-29)25(31)33)11-23-26(34)32(27(35)36-23)15-19-8-6-7-9-22(19)28/h6-9,11,16-17H,5,10,13-15H2,1-4H3. The van der Waals surface area contributed by atoms with Crippen LogP contribution in [0, 0.1) is 30.1 Å². The van der Waals surface area contributed by atoms with Crippen molar-refractivity contribution in [1.82, 2.24) is 9.47 Å². The number of halogens is 1. The molecule has 0 N–H and O–H groups in total. The molecule has 188 valence electrons. The quantitative estimate of drug-likeness (QED) is 0.364. The molecule has 1 aromatic carbocycles. The van der Waals surface area contributed by atoms with Crippen molar-refractivity contribution < 1.29 is 4.79 Å². The number of piperidine rings is 1. The van der Waals surface area contributed by atoms with Crippen LogP contribution in [0.25, 0.3) is 6.08 Å². The molecule has 0 saturated carbocycles. The van der Waals surface area contributed by atoms with Gasteiger partial charge in [0.2, 0.25) is 0 Å². The Labute approximate surface area is 226 Å². The van der Waals surface area contributed by atoms with Gasteiger partial charge < -0.3 is 4.90 Å². The van der Waals surface area contributed by atoms with E-state index in [1.807, 2.05) is 31.2 Å². The highest BCUT2D eigenvalue weighted by atomic mass is 35.5. The van der Waals surface area contributed by atoms with Crippen molar-refractivity contribution in [2.45, 2.75) is 47.2 Å². The van der Waals surface area contributed by atoms with Gasteiger partial charge in [0, 0.05) is 30.2 Å². The second kappa shape index (κ2) is 10.8. The lowest BCUT2D eigenvalue weighted by Gasteiger charge is -2.38. The Morgan fingerprint density at radius 1 is 1.22 bits per heavy atom. The molecule has 3 heterocycles. The fraction of sp³-hybridized carbons (Fsp3) is 0.407. The SMILES string of the molecule is CCn1c(N2CC(C)CC(C)C2)c(C=C2SC(=S)N(Cc3ccccc3Cl)C2=O)c(C)c(C#N)c1=O. The molecule has 0 spiro atoms. The molecule has 6 nitrogen and oxygen atoms in total. The molecule has 0 aliphatic carbocycles. The molecule has 4 rings (SSSR count). The number of thiocarbonyl (C=S) groups is 1. The summed E-state index contributed by atoms with van der Waals surface area (Å²) >= 11 is 13.1. The van der Waals surface area contributed by atoms with E-state index >= 15 is 0 Å². The van der Waals surface area contributed by atoms with Gasteiger partial charge in [-0.2, -0.15) is 5.26 Å². The van der Waals surface area contributed by atoms with E-state index in [0.29, 0.717) is 38.2 Å². The molecule has 2 aliphatic rings. The first-order valence-electron chi connectivity index (χ1n) is 12.1. The molecule has 9 heteroatoms. The summed E-state index contributed by atoms with van der Waals surface area (Å²) in [5.41, 5.74) is 1.95. The molecule has 0 bridgehead atoms. The Balaban J connectivity index is 1.83. The molecular weight excluding hydrogens is 512 g/mol. The number of benzene rings is 1. The van der Waals surface area contributed by atoms with Crippen molar-refractivity contribution >= 4 is 57.7 Å². The zero-order chi connectivity index (χ0) is 26.1. The summed E-state index contributed by atoms with van der Waals surface area (Å²) in [6.45, 7) is 10.5. The average Bonchev–Trinajstić information content (AvgIpc) is 3.09. The zero-order valence-corrected chi connectivity index (χ0v) is 23.3. The third-order valence-electron chi connectivity index (χ3n) is 6.77. The summed E-state index contributed by atoms with van der Waals surface area (Å²) in [6.07, 6.45) is 2.94. The Kier molecular flexibility index (Phi) is 7.93. The van der Waals surface area contributed by atoms with Gasteiger partial charge in [-0.05, 0) is 55.4 Å². The molecule has 2 saturated heterocycles.